The van der Waals surface area contributed by atoms with Gasteiger partial charge >= 0.3 is 0 Å². The average molecular weight is 278 g/mol. The number of hydrogen-bond acceptors (Lipinski definition) is 1. The van der Waals surface area contributed by atoms with E-state index in [9.17, 15) is 0 Å². The van der Waals surface area contributed by atoms with Gasteiger partial charge in [0.25, 0.3) is 0 Å². The first-order chi connectivity index (χ1) is 10.2. The Hall–Kier alpha value is -2.09. The molecule has 2 aromatic carbocycles. The molecular weight excluding hydrogens is 256 g/mol. The van der Waals surface area contributed by atoms with Gasteiger partial charge in [0.15, 0.2) is 0 Å². The highest BCUT2D eigenvalue weighted by Crippen LogP contribution is 2.29. The molecule has 3 rings (SSSR count). The first kappa shape index (κ1) is 13.9. The summed E-state index contributed by atoms with van der Waals surface area (Å²) < 4.78 is 0. The number of fused-ring (bicyclic) bond motifs is 1. The van der Waals surface area contributed by atoms with Crippen LogP contribution in [0.25, 0.3) is 11.0 Å². The Bertz CT molecular complexity index is 755. The molecule has 0 saturated heterocycles. The lowest BCUT2D eigenvalue weighted by molar-refractivity contribution is 0.731. The van der Waals surface area contributed by atoms with Crippen LogP contribution in [0.15, 0.2) is 42.5 Å². The number of aromatic amines is 1. The lowest BCUT2D eigenvalue weighted by Gasteiger charge is -2.13. The summed E-state index contributed by atoms with van der Waals surface area (Å²) in [7, 11) is 0. The Morgan fingerprint density at radius 3 is 2.62 bits per heavy atom. The topological polar surface area (TPSA) is 28.7 Å². The lowest BCUT2D eigenvalue weighted by atomic mass is 9.94. The molecule has 0 saturated carbocycles. The van der Waals surface area contributed by atoms with E-state index < -0.39 is 0 Å². The van der Waals surface area contributed by atoms with E-state index in [4.69, 9.17) is 4.98 Å². The Kier molecular flexibility index (Phi) is 3.78. The third kappa shape index (κ3) is 2.58. The summed E-state index contributed by atoms with van der Waals surface area (Å²) in [6, 6.07) is 15.1. The van der Waals surface area contributed by atoms with Crippen molar-refractivity contribution < 1.29 is 0 Å². The van der Waals surface area contributed by atoms with Crippen LogP contribution in [0.5, 0.6) is 0 Å². The Morgan fingerprint density at radius 1 is 1.10 bits per heavy atom. The molecule has 0 amide bonds. The minimum absolute atomic E-state index is 0.335. The second-order valence-electron chi connectivity index (χ2n) is 5.66. The zero-order chi connectivity index (χ0) is 14.8. The summed E-state index contributed by atoms with van der Waals surface area (Å²) in [5, 5.41) is 0. The van der Waals surface area contributed by atoms with E-state index in [0.717, 1.165) is 29.7 Å². The van der Waals surface area contributed by atoms with Crippen molar-refractivity contribution in [2.45, 2.75) is 39.5 Å². The maximum absolute atomic E-state index is 4.91. The number of aryl methyl sites for hydroxylation is 2. The highest BCUT2D eigenvalue weighted by atomic mass is 14.9. The van der Waals surface area contributed by atoms with Gasteiger partial charge in [-0.05, 0) is 37.0 Å². The van der Waals surface area contributed by atoms with Crippen LogP contribution in [0.2, 0.25) is 0 Å². The van der Waals surface area contributed by atoms with Crippen LogP contribution in [0.1, 0.15) is 48.7 Å². The molecule has 0 fully saturated rings. The number of imidazole rings is 1. The Morgan fingerprint density at radius 2 is 1.90 bits per heavy atom. The first-order valence-electron chi connectivity index (χ1n) is 7.77. The van der Waals surface area contributed by atoms with Crippen LogP contribution in [0.3, 0.4) is 0 Å². The fourth-order valence-corrected chi connectivity index (χ4v) is 3.03. The zero-order valence-electron chi connectivity index (χ0n) is 13.0. The fraction of sp³-hybridized carbons (Fsp3) is 0.316. The fourth-order valence-electron chi connectivity index (χ4n) is 3.03. The summed E-state index contributed by atoms with van der Waals surface area (Å²) >= 11 is 0. The van der Waals surface area contributed by atoms with E-state index in [1.165, 1.54) is 16.7 Å². The summed E-state index contributed by atoms with van der Waals surface area (Å²) in [6.45, 7) is 6.55. The van der Waals surface area contributed by atoms with E-state index >= 15 is 0 Å². The van der Waals surface area contributed by atoms with Gasteiger partial charge in [0.05, 0.1) is 11.0 Å². The molecule has 0 aliphatic heterocycles. The molecule has 21 heavy (non-hydrogen) atoms. The third-order valence-electron chi connectivity index (χ3n) is 4.18. The molecule has 1 aromatic heterocycles. The van der Waals surface area contributed by atoms with Crippen molar-refractivity contribution in [3.63, 3.8) is 0 Å². The molecule has 1 unspecified atom stereocenters. The largest absolute Gasteiger partial charge is 0.341 e. The summed E-state index contributed by atoms with van der Waals surface area (Å²) in [5.41, 5.74) is 6.23. The van der Waals surface area contributed by atoms with Crippen LogP contribution in [0, 0.1) is 6.92 Å². The molecule has 2 nitrogen and oxygen atoms in total. The zero-order valence-corrected chi connectivity index (χ0v) is 13.0. The van der Waals surface area contributed by atoms with Crippen molar-refractivity contribution >= 4 is 11.0 Å². The Labute approximate surface area is 126 Å². The highest BCUT2D eigenvalue weighted by molar-refractivity contribution is 5.79. The van der Waals surface area contributed by atoms with E-state index in [2.05, 4.69) is 68.2 Å². The number of aromatic nitrogens is 2. The van der Waals surface area contributed by atoms with Crippen LogP contribution >= 0.6 is 0 Å². The SMILES string of the molecule is CCc1cccc2[nH]c(C(CC)c3cccc(C)c3)nc12. The Balaban J connectivity index is 2.09. The van der Waals surface area contributed by atoms with Gasteiger partial charge in [-0.25, -0.2) is 4.98 Å². The van der Waals surface area contributed by atoms with Crippen molar-refractivity contribution in [3.05, 3.63) is 65.0 Å². The second-order valence-corrected chi connectivity index (χ2v) is 5.66. The third-order valence-corrected chi connectivity index (χ3v) is 4.18. The van der Waals surface area contributed by atoms with Crippen molar-refractivity contribution in [2.75, 3.05) is 0 Å². The molecule has 0 radical (unpaired) electrons. The van der Waals surface area contributed by atoms with Crippen LogP contribution in [-0.2, 0) is 6.42 Å². The molecule has 0 spiro atoms. The number of nitrogens with zero attached hydrogens (tertiary/aromatic N) is 1. The van der Waals surface area contributed by atoms with Gasteiger partial charge in [-0.3, -0.25) is 0 Å². The predicted molar refractivity (Wildman–Crippen MR) is 88.8 cm³/mol. The maximum Gasteiger partial charge on any atom is 0.114 e. The molecule has 1 N–H and O–H groups in total. The van der Waals surface area contributed by atoms with Gasteiger partial charge in [-0.15, -0.1) is 0 Å². The molecule has 0 aliphatic carbocycles. The molecule has 1 atom stereocenters. The minimum Gasteiger partial charge on any atom is -0.341 e. The van der Waals surface area contributed by atoms with Crippen LogP contribution in [0.4, 0.5) is 0 Å². The van der Waals surface area contributed by atoms with E-state index in [1.807, 2.05) is 0 Å². The second kappa shape index (κ2) is 5.72. The van der Waals surface area contributed by atoms with Gasteiger partial charge in [0.2, 0.25) is 0 Å². The first-order valence-corrected chi connectivity index (χ1v) is 7.77. The lowest BCUT2D eigenvalue weighted by Crippen LogP contribution is -2.02. The summed E-state index contributed by atoms with van der Waals surface area (Å²) in [4.78, 5) is 8.43. The maximum atomic E-state index is 4.91. The number of nitrogens with one attached hydrogen (secondary N) is 1. The van der Waals surface area contributed by atoms with Gasteiger partial charge < -0.3 is 4.98 Å². The number of hydrogen-bond donors (Lipinski definition) is 1. The van der Waals surface area contributed by atoms with Gasteiger partial charge in [0, 0.05) is 5.92 Å². The number of para-hydroxylation sites is 1. The smallest absolute Gasteiger partial charge is 0.114 e. The number of rotatable bonds is 4. The minimum atomic E-state index is 0.335. The summed E-state index contributed by atoms with van der Waals surface area (Å²) in [6.07, 6.45) is 2.06. The quantitative estimate of drug-likeness (QED) is 0.716. The van der Waals surface area contributed by atoms with Crippen LogP contribution < -0.4 is 0 Å². The van der Waals surface area contributed by atoms with Gasteiger partial charge in [-0.2, -0.15) is 0 Å². The van der Waals surface area contributed by atoms with Gasteiger partial charge in [-0.1, -0.05) is 55.8 Å². The molecular formula is C19H22N2. The normalized spacial score (nSPS) is 12.7. The average Bonchev–Trinajstić information content (AvgIpc) is 2.91. The van der Waals surface area contributed by atoms with E-state index in [1.54, 1.807) is 0 Å². The standard InChI is InChI=1S/C19H22N2/c1-4-14-9-7-11-17-18(14)21-19(20-17)16(5-2)15-10-6-8-13(3)12-15/h6-12,16H,4-5H2,1-3H3,(H,20,21). The number of H-pyrrole nitrogens is 1. The van der Waals surface area contributed by atoms with Crippen molar-refractivity contribution in [2.24, 2.45) is 0 Å². The van der Waals surface area contributed by atoms with E-state index in [0.29, 0.717) is 5.92 Å². The van der Waals surface area contributed by atoms with Gasteiger partial charge in [0.1, 0.15) is 5.82 Å². The van der Waals surface area contributed by atoms with Crippen molar-refractivity contribution in [1.29, 1.82) is 0 Å². The van der Waals surface area contributed by atoms with Crippen molar-refractivity contribution in [1.82, 2.24) is 9.97 Å². The molecule has 108 valence electrons. The monoisotopic (exact) mass is 278 g/mol. The molecule has 0 aliphatic rings. The molecule has 1 heterocycles. The number of benzene rings is 2. The summed E-state index contributed by atoms with van der Waals surface area (Å²) in [5.74, 6) is 1.42. The predicted octanol–water partition coefficient (Wildman–Crippen LogP) is 4.98. The molecule has 2 heteroatoms. The van der Waals surface area contributed by atoms with E-state index in [-0.39, 0.29) is 0 Å². The molecule has 3 aromatic rings. The van der Waals surface area contributed by atoms with Crippen LogP contribution in [-0.4, -0.2) is 9.97 Å². The molecule has 0 bridgehead atoms. The van der Waals surface area contributed by atoms with Crippen molar-refractivity contribution in [3.8, 4) is 0 Å². The highest BCUT2D eigenvalue weighted by Gasteiger charge is 2.17.